The van der Waals surface area contributed by atoms with Gasteiger partial charge in [0, 0.05) is 5.56 Å². The maximum atomic E-state index is 13.3. The molecule has 0 saturated carbocycles. The van der Waals surface area contributed by atoms with Gasteiger partial charge in [0.05, 0.1) is 18.5 Å². The SMILES string of the molecule is CCOP(=O)(OCC)SC(c1ccc(F)cc1)c1ccccc1O. The Balaban J connectivity index is 2.45. The molecule has 1 N–H and O–H groups in total. The summed E-state index contributed by atoms with van der Waals surface area (Å²) in [6.07, 6.45) is 0. The summed E-state index contributed by atoms with van der Waals surface area (Å²) in [6, 6.07) is 12.6. The lowest BCUT2D eigenvalue weighted by molar-refractivity contribution is 0.236. The summed E-state index contributed by atoms with van der Waals surface area (Å²) in [5.74, 6) is -0.295. The molecule has 0 saturated heterocycles. The van der Waals surface area contributed by atoms with Crippen molar-refractivity contribution in [2.45, 2.75) is 19.1 Å². The fraction of sp³-hybridized carbons (Fsp3) is 0.294. The number of hydrogen-bond donors (Lipinski definition) is 1. The molecule has 0 spiro atoms. The van der Waals surface area contributed by atoms with Crippen LogP contribution in [0.1, 0.15) is 30.2 Å². The zero-order chi connectivity index (χ0) is 17.6. The number of phenols is 1. The molecule has 1 atom stereocenters. The fourth-order valence-electron chi connectivity index (χ4n) is 2.19. The molecular formula is C17H20FO4PS. The average molecular weight is 370 g/mol. The van der Waals surface area contributed by atoms with E-state index in [0.29, 0.717) is 11.1 Å². The summed E-state index contributed by atoms with van der Waals surface area (Å²) in [6.45, 7) is 0.519. The first kappa shape index (κ1) is 19.0. The van der Waals surface area contributed by atoms with Crippen molar-refractivity contribution >= 4 is 18.2 Å². The van der Waals surface area contributed by atoms with Crippen molar-refractivity contribution in [2.24, 2.45) is 0 Å². The molecular weight excluding hydrogens is 350 g/mol. The summed E-state index contributed by atoms with van der Waals surface area (Å²) in [5.41, 5.74) is 1.26. The van der Waals surface area contributed by atoms with E-state index < -0.39 is 12.0 Å². The van der Waals surface area contributed by atoms with Gasteiger partial charge >= 0.3 is 6.80 Å². The summed E-state index contributed by atoms with van der Waals surface area (Å²) in [4.78, 5) is 0. The molecule has 2 rings (SSSR count). The van der Waals surface area contributed by atoms with Crippen molar-refractivity contribution < 1.29 is 23.1 Å². The number of aromatic hydroxyl groups is 1. The van der Waals surface area contributed by atoms with Gasteiger partial charge in [-0.05, 0) is 49.0 Å². The van der Waals surface area contributed by atoms with Crippen molar-refractivity contribution in [2.75, 3.05) is 13.2 Å². The normalized spacial score (nSPS) is 13.0. The van der Waals surface area contributed by atoms with Crippen LogP contribution in [-0.2, 0) is 13.6 Å². The van der Waals surface area contributed by atoms with Crippen LogP contribution in [0.15, 0.2) is 48.5 Å². The molecule has 0 aliphatic carbocycles. The van der Waals surface area contributed by atoms with Gasteiger partial charge < -0.3 is 14.2 Å². The Kier molecular flexibility index (Phi) is 6.87. The van der Waals surface area contributed by atoms with Crippen LogP contribution in [-0.4, -0.2) is 18.3 Å². The average Bonchev–Trinajstić information content (AvgIpc) is 2.55. The third kappa shape index (κ3) is 4.84. The summed E-state index contributed by atoms with van der Waals surface area (Å²) in [7, 11) is 0. The third-order valence-electron chi connectivity index (χ3n) is 3.20. The predicted octanol–water partition coefficient (Wildman–Crippen LogP) is 5.54. The Morgan fingerprint density at radius 2 is 1.67 bits per heavy atom. The minimum Gasteiger partial charge on any atom is -0.508 e. The van der Waals surface area contributed by atoms with Crippen LogP contribution >= 0.6 is 18.2 Å². The molecule has 0 heterocycles. The highest BCUT2D eigenvalue weighted by atomic mass is 32.7. The molecule has 0 aliphatic rings. The fourth-order valence-corrected chi connectivity index (χ4v) is 6.34. The predicted molar refractivity (Wildman–Crippen MR) is 94.8 cm³/mol. The van der Waals surface area contributed by atoms with Crippen LogP contribution in [0.25, 0.3) is 0 Å². The molecule has 2 aromatic carbocycles. The molecule has 0 bridgehead atoms. The Hall–Kier alpha value is -1.33. The number of phenolic OH excluding ortho intramolecular Hbond substituents is 1. The largest absolute Gasteiger partial charge is 0.508 e. The molecule has 1 unspecified atom stereocenters. The third-order valence-corrected chi connectivity index (χ3v) is 7.38. The van der Waals surface area contributed by atoms with E-state index in [1.54, 1.807) is 50.2 Å². The second kappa shape index (κ2) is 8.67. The first-order valence-corrected chi connectivity index (χ1v) is 10.6. The van der Waals surface area contributed by atoms with Crippen molar-refractivity contribution in [3.8, 4) is 5.75 Å². The highest BCUT2D eigenvalue weighted by molar-refractivity contribution is 8.55. The molecule has 2 aromatic rings. The van der Waals surface area contributed by atoms with E-state index in [2.05, 4.69) is 0 Å². The standard InChI is InChI=1S/C17H20FO4PS/c1-3-21-23(20,22-4-2)24-17(13-9-11-14(18)12-10-13)15-7-5-6-8-16(15)19/h5-12,17,19H,3-4H2,1-2H3. The van der Waals surface area contributed by atoms with Crippen molar-refractivity contribution in [3.05, 3.63) is 65.5 Å². The molecule has 7 heteroatoms. The van der Waals surface area contributed by atoms with E-state index in [-0.39, 0.29) is 24.8 Å². The zero-order valence-electron chi connectivity index (χ0n) is 13.5. The van der Waals surface area contributed by atoms with Gasteiger partial charge in [-0.2, -0.15) is 0 Å². The van der Waals surface area contributed by atoms with Gasteiger partial charge in [-0.1, -0.05) is 30.3 Å². The number of rotatable bonds is 8. The highest BCUT2D eigenvalue weighted by Crippen LogP contribution is 2.67. The van der Waals surface area contributed by atoms with Crippen molar-refractivity contribution in [1.29, 1.82) is 0 Å². The van der Waals surface area contributed by atoms with E-state index in [1.807, 2.05) is 0 Å². The quantitative estimate of drug-likeness (QED) is 0.619. The van der Waals surface area contributed by atoms with Crippen molar-refractivity contribution in [3.63, 3.8) is 0 Å². The number of hydrogen-bond acceptors (Lipinski definition) is 5. The Bertz CT molecular complexity index is 698. The van der Waals surface area contributed by atoms with Crippen LogP contribution in [0.3, 0.4) is 0 Å². The van der Waals surface area contributed by atoms with Crippen LogP contribution in [0.5, 0.6) is 5.75 Å². The highest BCUT2D eigenvalue weighted by Gasteiger charge is 2.32. The van der Waals surface area contributed by atoms with Gasteiger partial charge in [-0.25, -0.2) is 8.96 Å². The summed E-state index contributed by atoms with van der Waals surface area (Å²) < 4.78 is 36.9. The molecule has 130 valence electrons. The van der Waals surface area contributed by atoms with Gasteiger partial charge in [0.2, 0.25) is 0 Å². The van der Waals surface area contributed by atoms with Crippen LogP contribution in [0.2, 0.25) is 0 Å². The molecule has 24 heavy (non-hydrogen) atoms. The molecule has 0 radical (unpaired) electrons. The van der Waals surface area contributed by atoms with E-state index in [0.717, 1.165) is 11.4 Å². The molecule has 0 aliphatic heterocycles. The molecule has 0 amide bonds. The second-order valence-corrected chi connectivity index (χ2v) is 8.95. The van der Waals surface area contributed by atoms with Crippen LogP contribution in [0.4, 0.5) is 4.39 Å². The van der Waals surface area contributed by atoms with Crippen LogP contribution < -0.4 is 0 Å². The number of halogens is 1. The van der Waals surface area contributed by atoms with Gasteiger partial charge in [0.1, 0.15) is 11.6 Å². The van der Waals surface area contributed by atoms with Gasteiger partial charge in [0.15, 0.2) is 0 Å². The van der Waals surface area contributed by atoms with Crippen LogP contribution in [0, 0.1) is 5.82 Å². The Morgan fingerprint density at radius 3 is 2.21 bits per heavy atom. The maximum Gasteiger partial charge on any atom is 0.390 e. The first-order valence-electron chi connectivity index (χ1n) is 7.60. The second-order valence-electron chi connectivity index (χ2n) is 4.88. The monoisotopic (exact) mass is 370 g/mol. The maximum absolute atomic E-state index is 13.3. The lowest BCUT2D eigenvalue weighted by Crippen LogP contribution is -2.01. The van der Waals surface area contributed by atoms with E-state index in [4.69, 9.17) is 9.05 Å². The minimum absolute atomic E-state index is 0.0684. The van der Waals surface area contributed by atoms with Gasteiger partial charge in [0.25, 0.3) is 0 Å². The van der Waals surface area contributed by atoms with E-state index in [1.165, 1.54) is 12.1 Å². The summed E-state index contributed by atoms with van der Waals surface area (Å²) >= 11 is 0.996. The van der Waals surface area contributed by atoms with Gasteiger partial charge in [-0.15, -0.1) is 0 Å². The molecule has 0 aromatic heterocycles. The smallest absolute Gasteiger partial charge is 0.390 e. The van der Waals surface area contributed by atoms with Crippen molar-refractivity contribution in [1.82, 2.24) is 0 Å². The first-order chi connectivity index (χ1) is 11.5. The topological polar surface area (TPSA) is 55.8 Å². The van der Waals surface area contributed by atoms with E-state index in [9.17, 15) is 14.1 Å². The number of benzene rings is 2. The lowest BCUT2D eigenvalue weighted by Gasteiger charge is -2.23. The Labute approximate surface area is 145 Å². The zero-order valence-corrected chi connectivity index (χ0v) is 15.2. The lowest BCUT2D eigenvalue weighted by atomic mass is 10.0. The molecule has 4 nitrogen and oxygen atoms in total. The molecule has 0 fully saturated rings. The summed E-state index contributed by atoms with van der Waals surface area (Å²) in [5, 5.41) is 9.68. The van der Waals surface area contributed by atoms with E-state index >= 15 is 0 Å². The Morgan fingerprint density at radius 1 is 1.08 bits per heavy atom. The number of para-hydroxylation sites is 1. The van der Waals surface area contributed by atoms with Gasteiger partial charge in [-0.3, -0.25) is 0 Å². The minimum atomic E-state index is -3.43.